The summed E-state index contributed by atoms with van der Waals surface area (Å²) in [5.74, 6) is 0.119. The fraction of sp³-hybridized carbons (Fsp3) is 0.583. The lowest BCUT2D eigenvalue weighted by atomic mass is 10.0. The van der Waals surface area contributed by atoms with Gasteiger partial charge in [-0.1, -0.05) is 6.42 Å². The highest BCUT2D eigenvalue weighted by molar-refractivity contribution is 9.11. The van der Waals surface area contributed by atoms with Crippen molar-refractivity contribution in [1.82, 2.24) is 10.2 Å². The third kappa shape index (κ3) is 3.53. The number of halogens is 1. The maximum absolute atomic E-state index is 12.1. The first-order valence-corrected chi connectivity index (χ1v) is 7.52. The zero-order valence-corrected chi connectivity index (χ0v) is 12.3. The Labute approximate surface area is 114 Å². The van der Waals surface area contributed by atoms with Crippen LogP contribution in [0.5, 0.6) is 0 Å². The molecule has 5 heteroatoms. The maximum atomic E-state index is 12.1. The monoisotopic (exact) mass is 316 g/mol. The molecule has 0 spiro atoms. The second kappa shape index (κ2) is 5.98. The Morgan fingerprint density at radius 2 is 2.41 bits per heavy atom. The van der Waals surface area contributed by atoms with Gasteiger partial charge in [0.25, 0.3) is 5.91 Å². The minimum Gasteiger partial charge on any atom is -0.339 e. The van der Waals surface area contributed by atoms with E-state index in [1.165, 1.54) is 30.6 Å². The van der Waals surface area contributed by atoms with Crippen molar-refractivity contribution < 1.29 is 4.79 Å². The van der Waals surface area contributed by atoms with E-state index in [0.717, 1.165) is 21.8 Å². The second-order valence-corrected chi connectivity index (χ2v) is 6.90. The molecule has 1 aromatic heterocycles. The highest BCUT2D eigenvalue weighted by Gasteiger charge is 2.19. The zero-order valence-electron chi connectivity index (χ0n) is 9.91. The summed E-state index contributed by atoms with van der Waals surface area (Å²) < 4.78 is 1.00. The molecule has 1 amide bonds. The molecule has 1 saturated heterocycles. The van der Waals surface area contributed by atoms with Crippen molar-refractivity contribution >= 4 is 33.2 Å². The molecule has 0 bridgehead atoms. The van der Waals surface area contributed by atoms with Crippen LogP contribution in [0.4, 0.5) is 0 Å². The fourth-order valence-electron chi connectivity index (χ4n) is 2.11. The van der Waals surface area contributed by atoms with E-state index in [1.807, 2.05) is 24.1 Å². The third-order valence-corrected chi connectivity index (χ3v) is 4.65. The number of nitrogens with zero attached hydrogens (tertiary/aromatic N) is 1. The Morgan fingerprint density at radius 3 is 3.00 bits per heavy atom. The van der Waals surface area contributed by atoms with Crippen LogP contribution >= 0.6 is 27.3 Å². The molecule has 2 rings (SSSR count). The molecule has 0 saturated carbocycles. The normalized spacial score (nSPS) is 20.2. The summed E-state index contributed by atoms with van der Waals surface area (Å²) in [7, 11) is 1.88. The van der Waals surface area contributed by atoms with Gasteiger partial charge in [0, 0.05) is 19.6 Å². The van der Waals surface area contributed by atoms with Gasteiger partial charge >= 0.3 is 0 Å². The molecule has 1 N–H and O–H groups in total. The number of nitrogens with one attached hydrogen (secondary N) is 1. The summed E-state index contributed by atoms with van der Waals surface area (Å²) in [5, 5.41) is 3.46. The molecule has 1 unspecified atom stereocenters. The molecule has 0 aliphatic carbocycles. The largest absolute Gasteiger partial charge is 0.339 e. The highest BCUT2D eigenvalue weighted by atomic mass is 79.9. The quantitative estimate of drug-likeness (QED) is 0.930. The molecule has 0 aromatic carbocycles. The van der Waals surface area contributed by atoms with Crippen molar-refractivity contribution in [2.75, 3.05) is 20.1 Å². The van der Waals surface area contributed by atoms with Gasteiger partial charge in [-0.05, 0) is 47.4 Å². The number of likely N-dealkylation sites (N-methyl/N-ethyl adjacent to an activating group) is 1. The summed E-state index contributed by atoms with van der Waals surface area (Å²) in [4.78, 5) is 14.7. The van der Waals surface area contributed by atoms with Crippen LogP contribution in [0.15, 0.2) is 15.9 Å². The van der Waals surface area contributed by atoms with Crippen LogP contribution in [0.2, 0.25) is 0 Å². The van der Waals surface area contributed by atoms with Gasteiger partial charge in [-0.15, -0.1) is 11.3 Å². The van der Waals surface area contributed by atoms with Crippen molar-refractivity contribution in [3.8, 4) is 0 Å². The van der Waals surface area contributed by atoms with Crippen LogP contribution in [0.3, 0.4) is 0 Å². The highest BCUT2D eigenvalue weighted by Crippen LogP contribution is 2.23. The molecule has 3 nitrogen and oxygen atoms in total. The first-order valence-electron chi connectivity index (χ1n) is 5.91. The van der Waals surface area contributed by atoms with E-state index in [4.69, 9.17) is 0 Å². The van der Waals surface area contributed by atoms with Crippen molar-refractivity contribution in [2.24, 2.45) is 0 Å². The molecule has 0 radical (unpaired) electrons. The summed E-state index contributed by atoms with van der Waals surface area (Å²) in [6.07, 6.45) is 3.70. The average molecular weight is 317 g/mol. The summed E-state index contributed by atoms with van der Waals surface area (Å²) in [6, 6.07) is 4.26. The van der Waals surface area contributed by atoms with E-state index in [-0.39, 0.29) is 5.91 Å². The van der Waals surface area contributed by atoms with Crippen LogP contribution in [0.1, 0.15) is 28.9 Å². The molecule has 2 heterocycles. The van der Waals surface area contributed by atoms with E-state index >= 15 is 0 Å². The topological polar surface area (TPSA) is 32.3 Å². The van der Waals surface area contributed by atoms with Crippen LogP contribution < -0.4 is 5.32 Å². The third-order valence-electron chi connectivity index (χ3n) is 3.04. The van der Waals surface area contributed by atoms with Gasteiger partial charge in [0.2, 0.25) is 0 Å². The Balaban J connectivity index is 1.90. The first-order chi connectivity index (χ1) is 8.16. The second-order valence-electron chi connectivity index (χ2n) is 4.44. The lowest BCUT2D eigenvalue weighted by molar-refractivity contribution is 0.0780. The van der Waals surface area contributed by atoms with Gasteiger partial charge in [0.05, 0.1) is 8.66 Å². The number of thiophene rings is 1. The first kappa shape index (κ1) is 13.1. The molecule has 17 heavy (non-hydrogen) atoms. The van der Waals surface area contributed by atoms with E-state index in [1.54, 1.807) is 0 Å². The fourth-order valence-corrected chi connectivity index (χ4v) is 3.49. The number of rotatable bonds is 3. The number of carbonyl (C=O) groups excluding carboxylic acids is 1. The number of hydrogen-bond acceptors (Lipinski definition) is 3. The Kier molecular flexibility index (Phi) is 4.59. The molecule has 1 fully saturated rings. The minimum atomic E-state index is 0.119. The molecular formula is C12H17BrN2OS. The average Bonchev–Trinajstić information content (AvgIpc) is 2.76. The number of piperidine rings is 1. The SMILES string of the molecule is CN(CC1CCCCN1)C(=O)c1ccc(Br)s1. The summed E-state index contributed by atoms with van der Waals surface area (Å²) >= 11 is 4.87. The smallest absolute Gasteiger partial charge is 0.263 e. The Hall–Kier alpha value is -0.390. The predicted octanol–water partition coefficient (Wildman–Crippen LogP) is 2.72. The van der Waals surface area contributed by atoms with Crippen molar-refractivity contribution in [3.05, 3.63) is 20.8 Å². The molecule has 94 valence electrons. The van der Waals surface area contributed by atoms with E-state index in [9.17, 15) is 4.79 Å². The van der Waals surface area contributed by atoms with E-state index in [2.05, 4.69) is 21.2 Å². The molecule has 1 aliphatic heterocycles. The van der Waals surface area contributed by atoms with Crippen LogP contribution in [0, 0.1) is 0 Å². The standard InChI is InChI=1S/C12H17BrN2OS/c1-15(8-9-4-2-3-7-14-9)12(16)10-5-6-11(13)17-10/h5-6,9,14H,2-4,7-8H2,1H3. The Morgan fingerprint density at radius 1 is 1.59 bits per heavy atom. The van der Waals surface area contributed by atoms with Crippen LogP contribution in [-0.4, -0.2) is 37.0 Å². The van der Waals surface area contributed by atoms with E-state index < -0.39 is 0 Å². The zero-order chi connectivity index (χ0) is 12.3. The van der Waals surface area contributed by atoms with E-state index in [0.29, 0.717) is 6.04 Å². The minimum absolute atomic E-state index is 0.119. The van der Waals surface area contributed by atoms with Gasteiger partial charge in [-0.2, -0.15) is 0 Å². The lowest BCUT2D eigenvalue weighted by Gasteiger charge is -2.28. The number of amides is 1. The Bertz CT molecular complexity index is 388. The number of carbonyl (C=O) groups is 1. The number of hydrogen-bond donors (Lipinski definition) is 1. The van der Waals surface area contributed by atoms with Gasteiger partial charge < -0.3 is 10.2 Å². The van der Waals surface area contributed by atoms with Crippen LogP contribution in [0.25, 0.3) is 0 Å². The predicted molar refractivity (Wildman–Crippen MR) is 74.6 cm³/mol. The van der Waals surface area contributed by atoms with Crippen LogP contribution in [-0.2, 0) is 0 Å². The summed E-state index contributed by atoms with van der Waals surface area (Å²) in [6.45, 7) is 1.88. The van der Waals surface area contributed by atoms with Gasteiger partial charge in [0.1, 0.15) is 0 Å². The lowest BCUT2D eigenvalue weighted by Crippen LogP contribution is -2.44. The van der Waals surface area contributed by atoms with Gasteiger partial charge in [-0.25, -0.2) is 0 Å². The van der Waals surface area contributed by atoms with Gasteiger partial charge in [0.15, 0.2) is 0 Å². The maximum Gasteiger partial charge on any atom is 0.263 e. The summed E-state index contributed by atoms with van der Waals surface area (Å²) in [5.41, 5.74) is 0. The van der Waals surface area contributed by atoms with Crippen molar-refractivity contribution in [2.45, 2.75) is 25.3 Å². The molecule has 1 atom stereocenters. The van der Waals surface area contributed by atoms with Crippen molar-refractivity contribution in [1.29, 1.82) is 0 Å². The molecule has 1 aliphatic rings. The van der Waals surface area contributed by atoms with Gasteiger partial charge in [-0.3, -0.25) is 4.79 Å². The van der Waals surface area contributed by atoms with Crippen molar-refractivity contribution in [3.63, 3.8) is 0 Å². The molecular weight excluding hydrogens is 300 g/mol. The molecule has 1 aromatic rings.